The molecule has 0 amide bonds. The van der Waals surface area contributed by atoms with Crippen LogP contribution in [-0.4, -0.2) is 119 Å². The number of benzene rings is 10. The molecule has 0 fully saturated rings. The zero-order valence-electron chi connectivity index (χ0n) is 55.8. The zero-order chi connectivity index (χ0) is 73.8. The van der Waals surface area contributed by atoms with Crippen LogP contribution in [-0.2, 0) is 30.4 Å². The molecule has 0 atom stereocenters. The minimum atomic E-state index is -4.74. The van der Waals surface area contributed by atoms with E-state index >= 15 is 0 Å². The number of rotatable bonds is 9. The summed E-state index contributed by atoms with van der Waals surface area (Å²) in [6.07, 6.45) is 7.63. The van der Waals surface area contributed by atoms with E-state index in [-0.39, 0.29) is 66.8 Å². The SMILES string of the molecule is O=S(=O)(O)c1ccc(C=Cc2ccc3c(c2)-c2nc-3nc3[nH]c(nc4nc(nc5[nH]c(n2)c2ccc(S(=O)(=O)O)cc52)-c2ccc(Oc5ccc6c7nc8nc(nc9[nH]c(nc%10nc(nc([nH]7)c6c5)-c5cc(S(=O)(=O)O)ccc5-%10)c5cc(C=Cc6ccccc6)ccc95)-c5ccccc5-8)cc2-4)c2ccccc32)cc1. The second kappa shape index (κ2) is 24.2. The molecule has 10 heterocycles. The Balaban J connectivity index is 0.747. The molecule has 6 aromatic heterocycles. The van der Waals surface area contributed by atoms with E-state index in [2.05, 4.69) is 19.9 Å². The van der Waals surface area contributed by atoms with Crippen molar-refractivity contribution in [2.45, 2.75) is 14.7 Å². The maximum atomic E-state index is 12.9. The number of hydrogen-bond donors (Lipinski definition) is 7. The average molecular weight is 1490 g/mol. The van der Waals surface area contributed by atoms with Crippen molar-refractivity contribution in [1.29, 1.82) is 0 Å². The molecule has 10 aromatic carbocycles. The highest BCUT2D eigenvalue weighted by Gasteiger charge is 2.28. The summed E-state index contributed by atoms with van der Waals surface area (Å²) >= 11 is 0. The van der Waals surface area contributed by atoms with E-state index in [0.717, 1.165) is 27.6 Å². The Hall–Kier alpha value is -14.1. The third-order valence-electron chi connectivity index (χ3n) is 19.2. The van der Waals surface area contributed by atoms with Crippen LogP contribution in [0.5, 0.6) is 11.5 Å². The molecule has 0 spiro atoms. The number of nitrogens with one attached hydrogen (secondary N) is 4. The van der Waals surface area contributed by atoms with E-state index in [0.29, 0.717) is 128 Å². The standard InChI is InChI=1S/C80H46N16O10S3/c97-107(98,99)46-24-18-41(19-25-46)15-17-43-21-29-54-60(35-43)76-88-70(54)84-67-51-12-6-7-13-52(51)68(82-67)86-77-61-36-44(23-31-56(61)72(92-77)93-79-63-38-47(108(100,101)102)26-32-57(63)73(89-76)94-79)106-45-22-30-55-62(37-45)78-91-71(55)85-66-50-11-5-4-10-49(50)65(81-66)83-69-53-28-20-42(16-14-40-8-2-1-3-9-40)34-59(53)75(87-69)90-74-58-33-27-48(109(103,104)105)39-64(58)80(95-74)96-78/h1-39H,(H,97,98,99)(H,100,101,102)(H,103,104,105)(H2,81,83,85,87,90,91,95,96)(H2,82,84,86,88,89,92,93,94). The summed E-state index contributed by atoms with van der Waals surface area (Å²) in [5.74, 6) is 2.57. The predicted molar refractivity (Wildman–Crippen MR) is 412 cm³/mol. The number of nitrogens with zero attached hydrogens (tertiary/aromatic N) is 12. The van der Waals surface area contributed by atoms with Crippen molar-refractivity contribution < 1.29 is 43.6 Å². The molecular formula is C80H46N16O10S3. The summed E-state index contributed by atoms with van der Waals surface area (Å²) in [5.41, 5.74) is 10.2. The smallest absolute Gasteiger partial charge is 0.294 e. The molecule has 0 aliphatic carbocycles. The van der Waals surface area contributed by atoms with E-state index in [1.54, 1.807) is 48.5 Å². The molecule has 4 aliphatic heterocycles. The molecule has 0 unspecified atom stereocenters. The number of ether oxygens (including phenoxy) is 1. The molecule has 0 saturated heterocycles. The number of H-pyrrole nitrogens is 4. The van der Waals surface area contributed by atoms with Crippen molar-refractivity contribution in [3.8, 4) is 103 Å². The maximum absolute atomic E-state index is 12.9. The topological polar surface area (TPSA) is 390 Å². The first kappa shape index (κ1) is 64.5. The van der Waals surface area contributed by atoms with Crippen LogP contribution in [0.2, 0.25) is 0 Å². The lowest BCUT2D eigenvalue weighted by atomic mass is 10.0. The Morgan fingerprint density at radius 3 is 1.06 bits per heavy atom. The Bertz CT molecular complexity index is 7580. The van der Waals surface area contributed by atoms with Crippen LogP contribution < -0.4 is 4.74 Å². The summed E-state index contributed by atoms with van der Waals surface area (Å²) in [6, 6.07) is 61.3. The van der Waals surface area contributed by atoms with Crippen LogP contribution in [0.1, 0.15) is 22.3 Å². The molecule has 524 valence electrons. The number of aromatic amines is 4. The summed E-state index contributed by atoms with van der Waals surface area (Å²) in [7, 11) is -13.9. The van der Waals surface area contributed by atoms with Gasteiger partial charge in [-0.1, -0.05) is 127 Å². The van der Waals surface area contributed by atoms with Gasteiger partial charge >= 0.3 is 0 Å². The number of hydrogen-bond acceptors (Lipinski definition) is 19. The van der Waals surface area contributed by atoms with Gasteiger partial charge in [-0.25, -0.2) is 59.8 Å². The predicted octanol–water partition coefficient (Wildman–Crippen LogP) is 15.9. The Morgan fingerprint density at radius 1 is 0.239 bits per heavy atom. The molecule has 16 bridgehead atoms. The second-order valence-corrected chi connectivity index (χ2v) is 30.2. The fourth-order valence-electron chi connectivity index (χ4n) is 13.9. The van der Waals surface area contributed by atoms with Crippen molar-refractivity contribution in [1.82, 2.24) is 79.7 Å². The highest BCUT2D eigenvalue weighted by Crippen LogP contribution is 2.43. The summed E-state index contributed by atoms with van der Waals surface area (Å²) in [4.78, 5) is 74.0. The molecule has 7 N–H and O–H groups in total. The summed E-state index contributed by atoms with van der Waals surface area (Å²) < 4.78 is 112. The van der Waals surface area contributed by atoms with Gasteiger partial charge in [-0.2, -0.15) is 25.3 Å². The van der Waals surface area contributed by atoms with Gasteiger partial charge in [0.05, 0.1) is 14.7 Å². The van der Waals surface area contributed by atoms with Crippen LogP contribution in [0, 0.1) is 0 Å². The van der Waals surface area contributed by atoms with Crippen LogP contribution >= 0.6 is 0 Å². The fraction of sp³-hybridized carbons (Fsp3) is 0. The highest BCUT2D eigenvalue weighted by molar-refractivity contribution is 7.86. The minimum absolute atomic E-state index is 0.0600. The molecule has 4 aliphatic rings. The lowest BCUT2D eigenvalue weighted by Gasteiger charge is -2.08. The van der Waals surface area contributed by atoms with Crippen LogP contribution in [0.15, 0.2) is 227 Å². The third-order valence-corrected chi connectivity index (χ3v) is 21.7. The van der Waals surface area contributed by atoms with Crippen LogP contribution in [0.25, 0.3) is 204 Å². The van der Waals surface area contributed by atoms with Crippen molar-refractivity contribution in [2.75, 3.05) is 0 Å². The first-order valence-corrected chi connectivity index (χ1v) is 37.9. The number of fused-ring (bicyclic) bond motifs is 40. The van der Waals surface area contributed by atoms with Gasteiger partial charge in [-0.15, -0.1) is 0 Å². The molecule has 109 heavy (non-hydrogen) atoms. The van der Waals surface area contributed by atoms with Gasteiger partial charge in [0.15, 0.2) is 46.6 Å². The van der Waals surface area contributed by atoms with Crippen LogP contribution in [0.4, 0.5) is 0 Å². The first-order chi connectivity index (χ1) is 52.8. The van der Waals surface area contributed by atoms with Gasteiger partial charge in [-0.05, 0) is 131 Å². The fourth-order valence-corrected chi connectivity index (χ4v) is 15.4. The molecule has 16 aromatic rings. The quantitative estimate of drug-likeness (QED) is 0.0521. The van der Waals surface area contributed by atoms with Crippen molar-refractivity contribution in [2.24, 2.45) is 0 Å². The normalized spacial score (nSPS) is 12.7. The second-order valence-electron chi connectivity index (χ2n) is 25.9. The van der Waals surface area contributed by atoms with Gasteiger partial charge in [0, 0.05) is 87.6 Å². The highest BCUT2D eigenvalue weighted by atomic mass is 32.2. The lowest BCUT2D eigenvalue weighted by Crippen LogP contribution is -1.98. The Labute approximate surface area is 614 Å². The molecule has 20 rings (SSSR count). The van der Waals surface area contributed by atoms with E-state index in [1.165, 1.54) is 48.5 Å². The van der Waals surface area contributed by atoms with Gasteiger partial charge in [0.25, 0.3) is 30.4 Å². The van der Waals surface area contributed by atoms with Gasteiger partial charge < -0.3 is 24.7 Å². The Kier molecular flexibility index (Phi) is 14.4. The van der Waals surface area contributed by atoms with Crippen LogP contribution in [0.3, 0.4) is 0 Å². The molecule has 29 heteroatoms. The van der Waals surface area contributed by atoms with Crippen molar-refractivity contribution >= 4 is 143 Å². The Morgan fingerprint density at radius 2 is 0.541 bits per heavy atom. The molecular weight excluding hydrogens is 1440 g/mol. The summed E-state index contributed by atoms with van der Waals surface area (Å²) in [5, 5.41) is 4.62. The maximum Gasteiger partial charge on any atom is 0.294 e. The zero-order valence-corrected chi connectivity index (χ0v) is 58.3. The van der Waals surface area contributed by atoms with Gasteiger partial charge in [0.2, 0.25) is 0 Å². The van der Waals surface area contributed by atoms with Gasteiger partial charge in [-0.3, -0.25) is 13.7 Å². The summed E-state index contributed by atoms with van der Waals surface area (Å²) in [6.45, 7) is 0. The van der Waals surface area contributed by atoms with Crippen molar-refractivity contribution in [3.05, 3.63) is 235 Å². The molecule has 0 radical (unpaired) electrons. The van der Waals surface area contributed by atoms with E-state index in [1.807, 2.05) is 140 Å². The third kappa shape index (κ3) is 11.4. The lowest BCUT2D eigenvalue weighted by molar-refractivity contribution is 0.481. The monoisotopic (exact) mass is 1490 g/mol. The van der Waals surface area contributed by atoms with E-state index in [4.69, 9.17) is 64.5 Å². The minimum Gasteiger partial charge on any atom is -0.457 e. The molecule has 0 saturated carbocycles. The van der Waals surface area contributed by atoms with Gasteiger partial charge in [0.1, 0.15) is 56.7 Å². The van der Waals surface area contributed by atoms with Crippen molar-refractivity contribution in [3.63, 3.8) is 0 Å². The first-order valence-electron chi connectivity index (χ1n) is 33.6. The van der Waals surface area contributed by atoms with E-state index < -0.39 is 35.2 Å². The largest absolute Gasteiger partial charge is 0.457 e. The molecule has 26 nitrogen and oxygen atoms in total. The van der Waals surface area contributed by atoms with E-state index in [9.17, 15) is 38.9 Å². The number of aromatic nitrogens is 16. The average Bonchev–Trinajstić information content (AvgIpc) is 1.60.